The summed E-state index contributed by atoms with van der Waals surface area (Å²) in [4.78, 5) is 13.3. The minimum atomic E-state index is -4.47. The molecule has 0 unspecified atom stereocenters. The smallest absolute Gasteiger partial charge is 0.416 e. The number of rotatable bonds is 5. The highest BCUT2D eigenvalue weighted by molar-refractivity contribution is 5.90. The van der Waals surface area contributed by atoms with Gasteiger partial charge in [-0.2, -0.15) is 13.2 Å². The van der Waals surface area contributed by atoms with Crippen molar-refractivity contribution in [3.63, 3.8) is 0 Å². The highest BCUT2D eigenvalue weighted by Gasteiger charge is 2.31. The van der Waals surface area contributed by atoms with E-state index < -0.39 is 17.8 Å². The molecule has 0 radical (unpaired) electrons. The Labute approximate surface area is 121 Å². The van der Waals surface area contributed by atoms with Crippen molar-refractivity contribution >= 4 is 17.5 Å². The maximum absolute atomic E-state index is 12.8. The third kappa shape index (κ3) is 4.54. The van der Waals surface area contributed by atoms with Crippen LogP contribution in [0.15, 0.2) is 18.2 Å². The Morgan fingerprint density at radius 2 is 1.86 bits per heavy atom. The van der Waals surface area contributed by atoms with Gasteiger partial charge in [-0.1, -0.05) is 0 Å². The van der Waals surface area contributed by atoms with Crippen molar-refractivity contribution in [2.24, 2.45) is 0 Å². The van der Waals surface area contributed by atoms with E-state index in [0.29, 0.717) is 18.8 Å². The van der Waals surface area contributed by atoms with Crippen LogP contribution in [-0.4, -0.2) is 25.8 Å². The first-order valence-electron chi connectivity index (χ1n) is 6.73. The van der Waals surface area contributed by atoms with Crippen molar-refractivity contribution < 1.29 is 22.7 Å². The number of hydrogen-bond acceptors (Lipinski definition) is 3. The highest BCUT2D eigenvalue weighted by Crippen LogP contribution is 2.35. The molecule has 0 bridgehead atoms. The molecule has 0 spiro atoms. The van der Waals surface area contributed by atoms with E-state index in [0.717, 1.165) is 12.1 Å². The number of amides is 1. The van der Waals surface area contributed by atoms with Crippen molar-refractivity contribution in [3.05, 3.63) is 23.8 Å². The van der Waals surface area contributed by atoms with Crippen LogP contribution in [0.25, 0.3) is 0 Å². The summed E-state index contributed by atoms with van der Waals surface area (Å²) in [6.45, 7) is 6.76. The van der Waals surface area contributed by atoms with Crippen molar-refractivity contribution in [1.29, 1.82) is 0 Å². The largest absolute Gasteiger partial charge is 0.450 e. The Balaban J connectivity index is 3.21. The Hall–Kier alpha value is -1.92. The molecule has 0 fully saturated rings. The van der Waals surface area contributed by atoms with Crippen LogP contribution < -0.4 is 10.2 Å². The molecule has 0 aromatic heterocycles. The fourth-order valence-corrected chi connectivity index (χ4v) is 1.93. The van der Waals surface area contributed by atoms with Gasteiger partial charge in [0.15, 0.2) is 0 Å². The van der Waals surface area contributed by atoms with Gasteiger partial charge in [-0.25, -0.2) is 4.79 Å². The van der Waals surface area contributed by atoms with E-state index >= 15 is 0 Å². The zero-order chi connectivity index (χ0) is 16.0. The summed E-state index contributed by atoms with van der Waals surface area (Å²) < 4.78 is 43.1. The van der Waals surface area contributed by atoms with Crippen LogP contribution >= 0.6 is 0 Å². The molecule has 1 N–H and O–H groups in total. The monoisotopic (exact) mass is 304 g/mol. The molecular formula is C14H19F3N2O2. The molecule has 118 valence electrons. The molecule has 1 aromatic carbocycles. The van der Waals surface area contributed by atoms with Gasteiger partial charge in [-0.3, -0.25) is 5.32 Å². The van der Waals surface area contributed by atoms with Gasteiger partial charge in [-0.05, 0) is 39.0 Å². The molecule has 0 aliphatic carbocycles. The summed E-state index contributed by atoms with van der Waals surface area (Å²) >= 11 is 0. The molecule has 0 aliphatic rings. The molecule has 4 nitrogen and oxygen atoms in total. The van der Waals surface area contributed by atoms with E-state index in [1.165, 1.54) is 6.07 Å². The average Bonchev–Trinajstić information content (AvgIpc) is 2.40. The first-order chi connectivity index (χ1) is 9.83. The number of carbonyl (C=O) groups excluding carboxylic acids is 1. The summed E-state index contributed by atoms with van der Waals surface area (Å²) in [6.07, 6.45) is -5.24. The fourth-order valence-electron chi connectivity index (χ4n) is 1.93. The minimum Gasteiger partial charge on any atom is -0.450 e. The van der Waals surface area contributed by atoms with Crippen LogP contribution in [0, 0.1) is 0 Å². The van der Waals surface area contributed by atoms with Crippen LogP contribution in [0.2, 0.25) is 0 Å². The number of carbonyl (C=O) groups is 1. The summed E-state index contributed by atoms with van der Waals surface area (Å²) in [5.74, 6) is 0. The molecule has 1 rings (SSSR count). The van der Waals surface area contributed by atoms with Gasteiger partial charge < -0.3 is 9.64 Å². The number of nitrogens with one attached hydrogen (secondary N) is 1. The number of anilines is 2. The zero-order valence-corrected chi connectivity index (χ0v) is 12.3. The third-order valence-corrected chi connectivity index (χ3v) is 2.94. The summed E-state index contributed by atoms with van der Waals surface area (Å²) in [5, 5.41) is 2.37. The predicted molar refractivity (Wildman–Crippen MR) is 75.6 cm³/mol. The number of ether oxygens (including phenoxy) is 1. The quantitative estimate of drug-likeness (QED) is 0.889. The molecular weight excluding hydrogens is 285 g/mol. The Bertz CT molecular complexity index is 486. The predicted octanol–water partition coefficient (Wildman–Crippen LogP) is 4.12. The van der Waals surface area contributed by atoms with E-state index in [1.54, 1.807) is 6.92 Å². The lowest BCUT2D eigenvalue weighted by molar-refractivity contribution is -0.137. The maximum atomic E-state index is 12.8. The van der Waals surface area contributed by atoms with Gasteiger partial charge in [0.1, 0.15) is 0 Å². The molecule has 21 heavy (non-hydrogen) atoms. The summed E-state index contributed by atoms with van der Waals surface area (Å²) in [6, 6.07) is 3.28. The second-order valence-corrected chi connectivity index (χ2v) is 4.25. The van der Waals surface area contributed by atoms with E-state index in [2.05, 4.69) is 5.32 Å². The van der Waals surface area contributed by atoms with Crippen LogP contribution in [0.5, 0.6) is 0 Å². The minimum absolute atomic E-state index is 0.0898. The van der Waals surface area contributed by atoms with Crippen molar-refractivity contribution in [3.8, 4) is 0 Å². The standard InChI is InChI=1S/C14H19F3N2O2/c1-4-19(5-2)12-8-7-10(14(15,16)17)9-11(12)18-13(20)21-6-3/h7-9H,4-6H2,1-3H3,(H,18,20). The zero-order valence-electron chi connectivity index (χ0n) is 12.3. The van der Waals surface area contributed by atoms with Crippen molar-refractivity contribution in [2.45, 2.75) is 26.9 Å². The molecule has 1 amide bonds. The van der Waals surface area contributed by atoms with E-state index in [4.69, 9.17) is 4.74 Å². The first-order valence-corrected chi connectivity index (χ1v) is 6.73. The fraction of sp³-hybridized carbons (Fsp3) is 0.500. The third-order valence-electron chi connectivity index (χ3n) is 2.94. The Morgan fingerprint density at radius 3 is 2.33 bits per heavy atom. The summed E-state index contributed by atoms with van der Waals surface area (Å²) in [5.41, 5.74) is -0.196. The average molecular weight is 304 g/mol. The molecule has 0 saturated carbocycles. The van der Waals surface area contributed by atoms with E-state index in [-0.39, 0.29) is 12.3 Å². The molecule has 0 atom stereocenters. The van der Waals surface area contributed by atoms with Crippen molar-refractivity contribution in [2.75, 3.05) is 29.9 Å². The van der Waals surface area contributed by atoms with Crippen LogP contribution in [0.1, 0.15) is 26.3 Å². The molecule has 0 saturated heterocycles. The number of hydrogen-bond donors (Lipinski definition) is 1. The van der Waals surface area contributed by atoms with Gasteiger partial charge in [-0.15, -0.1) is 0 Å². The molecule has 0 heterocycles. The number of nitrogens with zero attached hydrogens (tertiary/aromatic N) is 1. The number of alkyl halides is 3. The Morgan fingerprint density at radius 1 is 1.24 bits per heavy atom. The second kappa shape index (κ2) is 7.19. The molecule has 7 heteroatoms. The van der Waals surface area contributed by atoms with E-state index in [1.807, 2.05) is 18.7 Å². The van der Waals surface area contributed by atoms with Gasteiger partial charge in [0.2, 0.25) is 0 Å². The number of benzene rings is 1. The second-order valence-electron chi connectivity index (χ2n) is 4.25. The highest BCUT2D eigenvalue weighted by atomic mass is 19.4. The van der Waals surface area contributed by atoms with E-state index in [9.17, 15) is 18.0 Å². The topological polar surface area (TPSA) is 41.6 Å². The lowest BCUT2D eigenvalue weighted by atomic mass is 10.1. The van der Waals surface area contributed by atoms with Gasteiger partial charge >= 0.3 is 12.3 Å². The van der Waals surface area contributed by atoms with Gasteiger partial charge in [0.25, 0.3) is 0 Å². The number of halogens is 3. The van der Waals surface area contributed by atoms with Crippen LogP contribution in [-0.2, 0) is 10.9 Å². The lowest BCUT2D eigenvalue weighted by Gasteiger charge is -2.25. The Kier molecular flexibility index (Phi) is 5.87. The van der Waals surface area contributed by atoms with Crippen LogP contribution in [0.4, 0.5) is 29.3 Å². The van der Waals surface area contributed by atoms with Crippen molar-refractivity contribution in [1.82, 2.24) is 0 Å². The van der Waals surface area contributed by atoms with Gasteiger partial charge in [0, 0.05) is 13.1 Å². The van der Waals surface area contributed by atoms with Crippen LogP contribution in [0.3, 0.4) is 0 Å². The normalized spacial score (nSPS) is 11.1. The lowest BCUT2D eigenvalue weighted by Crippen LogP contribution is -2.25. The molecule has 0 aliphatic heterocycles. The summed E-state index contributed by atoms with van der Waals surface area (Å²) in [7, 11) is 0. The first kappa shape index (κ1) is 17.1. The van der Waals surface area contributed by atoms with Gasteiger partial charge in [0.05, 0.1) is 23.5 Å². The maximum Gasteiger partial charge on any atom is 0.416 e. The SMILES string of the molecule is CCOC(=O)Nc1cc(C(F)(F)F)ccc1N(CC)CC. The molecule has 1 aromatic rings.